The van der Waals surface area contributed by atoms with Gasteiger partial charge in [-0.1, -0.05) is 134 Å². The van der Waals surface area contributed by atoms with Crippen molar-refractivity contribution in [1.82, 2.24) is 0 Å². The topological polar surface area (TPSA) is 9.72 Å². The van der Waals surface area contributed by atoms with E-state index >= 15 is 0 Å². The van der Waals surface area contributed by atoms with E-state index in [2.05, 4.69) is 229 Å². The number of rotatable bonds is 3. The Morgan fingerprint density at radius 1 is 0.479 bits per heavy atom. The summed E-state index contributed by atoms with van der Waals surface area (Å²) in [6, 6.07) is 59.6. The van der Waals surface area contributed by atoms with Crippen molar-refractivity contribution in [3.8, 4) is 0 Å². The van der Waals surface area contributed by atoms with Crippen LogP contribution in [0.5, 0.6) is 0 Å². The molecule has 4 aliphatic rings. The van der Waals surface area contributed by atoms with Gasteiger partial charge in [-0.05, 0) is 155 Å². The summed E-state index contributed by atoms with van der Waals surface area (Å²) in [5, 5.41) is 5.28. The van der Waals surface area contributed by atoms with Crippen LogP contribution in [-0.2, 0) is 16.2 Å². The van der Waals surface area contributed by atoms with Gasteiger partial charge in [0.05, 0.1) is 11.2 Å². The number of nitrogens with zero attached hydrogens (tertiary/aromatic N) is 3. The minimum absolute atomic E-state index is 0.00863. The van der Waals surface area contributed by atoms with E-state index in [1.165, 1.54) is 144 Å². The number of fused-ring (bicyclic) bond motifs is 13. The quantitative estimate of drug-likeness (QED) is 0.163. The first-order valence-electron chi connectivity index (χ1n) is 25.9. The fraction of sp³-hybridized carbons (Fsp3) is 0.262. The monoisotopic (exact) mass is 957 g/mol. The van der Waals surface area contributed by atoms with E-state index in [1.807, 2.05) is 22.7 Å². The molecule has 14 rings (SSSR count). The molecule has 1 fully saturated rings. The lowest BCUT2D eigenvalue weighted by Gasteiger charge is -2.50. The average molecular weight is 958 g/mol. The van der Waals surface area contributed by atoms with E-state index in [4.69, 9.17) is 0 Å². The molecule has 3 nitrogen and oxygen atoms in total. The van der Waals surface area contributed by atoms with Crippen LogP contribution < -0.4 is 31.1 Å². The molecule has 0 saturated heterocycles. The largest absolute Gasteiger partial charge is 0.334 e. The lowest BCUT2D eigenvalue weighted by Crippen LogP contribution is -2.61. The van der Waals surface area contributed by atoms with Gasteiger partial charge in [0.25, 0.3) is 6.71 Å². The van der Waals surface area contributed by atoms with Crippen molar-refractivity contribution in [2.75, 3.05) is 14.7 Å². The molecular weight excluding hydrogens is 898 g/mol. The van der Waals surface area contributed by atoms with Crippen LogP contribution in [-0.4, -0.2) is 12.3 Å². The van der Waals surface area contributed by atoms with Gasteiger partial charge in [-0.3, -0.25) is 0 Å². The molecule has 5 heterocycles. The zero-order valence-electron chi connectivity index (χ0n) is 42.5. The maximum absolute atomic E-state index is 2.79. The summed E-state index contributed by atoms with van der Waals surface area (Å²) in [4.78, 5) is 8.09. The molecule has 3 aliphatic heterocycles. The number of thiophene rings is 2. The highest BCUT2D eigenvalue weighted by atomic mass is 32.1. The fourth-order valence-corrected chi connectivity index (χ4v) is 15.9. The first-order valence-corrected chi connectivity index (χ1v) is 27.5. The first kappa shape index (κ1) is 43.5. The minimum Gasteiger partial charge on any atom is -0.334 e. The molecule has 10 aromatic rings. The molecule has 0 radical (unpaired) electrons. The maximum atomic E-state index is 2.79. The molecule has 0 N–H and O–H groups in total. The van der Waals surface area contributed by atoms with Crippen molar-refractivity contribution in [3.63, 3.8) is 0 Å². The van der Waals surface area contributed by atoms with Gasteiger partial charge in [-0.15, -0.1) is 22.7 Å². The SMILES string of the molecule is Cc1cc2c3c(c1)N(c1cccc4sc5ccccc5c14)c1ccc(C(C)(C)C)cc1B3c1ccc(N3c4ccc(C(C)(C)C)cc4C4(C)CCCCC34C)cc1N2c1ccc2sc3ccccc3c2c1. The highest BCUT2D eigenvalue weighted by molar-refractivity contribution is 7.26. The average Bonchev–Trinajstić information content (AvgIpc) is 3.99. The van der Waals surface area contributed by atoms with Crippen molar-refractivity contribution < 1.29 is 0 Å². The summed E-state index contributed by atoms with van der Waals surface area (Å²) in [5.74, 6) is 0. The third-order valence-electron chi connectivity index (χ3n) is 17.5. The van der Waals surface area contributed by atoms with Crippen LogP contribution in [0.3, 0.4) is 0 Å². The summed E-state index contributed by atoms with van der Waals surface area (Å²) >= 11 is 3.79. The van der Waals surface area contributed by atoms with Gasteiger partial charge in [-0.25, -0.2) is 0 Å². The molecule has 0 bridgehead atoms. The Balaban J connectivity index is 1.07. The molecule has 350 valence electrons. The summed E-state index contributed by atoms with van der Waals surface area (Å²) in [6.45, 7) is 21.7. The van der Waals surface area contributed by atoms with Crippen LogP contribution >= 0.6 is 22.7 Å². The van der Waals surface area contributed by atoms with E-state index in [0.717, 1.165) is 6.42 Å². The van der Waals surface area contributed by atoms with Gasteiger partial charge < -0.3 is 14.7 Å². The van der Waals surface area contributed by atoms with Gasteiger partial charge in [0.15, 0.2) is 0 Å². The second kappa shape index (κ2) is 14.9. The van der Waals surface area contributed by atoms with Crippen molar-refractivity contribution in [1.29, 1.82) is 0 Å². The highest BCUT2D eigenvalue weighted by Gasteiger charge is 2.58. The number of hydrogen-bond donors (Lipinski definition) is 0. The molecule has 2 unspecified atom stereocenters. The lowest BCUT2D eigenvalue weighted by molar-refractivity contribution is 0.195. The lowest BCUT2D eigenvalue weighted by atomic mass is 9.33. The molecule has 8 aromatic carbocycles. The summed E-state index contributed by atoms with van der Waals surface area (Å²) in [6.07, 6.45) is 4.86. The molecule has 6 heteroatoms. The summed E-state index contributed by atoms with van der Waals surface area (Å²) < 4.78 is 5.29. The molecule has 0 spiro atoms. The molecule has 2 aromatic heterocycles. The minimum atomic E-state index is -0.0829. The standard InChI is InChI=1S/C65H60BN3S2/c1-39-33-54-61-55(34-39)68(52-19-16-22-59-60(52)45-18-11-13-21-57(45)71-59)51-29-24-41(63(5,6)7)36-49(51)66(61)48-27-25-43(38-53(48)67(54)42-26-30-58-46(37-42)44-17-10-12-20-56(44)70-58)69-50-28-23-40(62(2,3)4)35-47(50)64(8)31-14-15-32-65(64,69)9/h10-13,16-30,33-38H,14-15,31-32H2,1-9H3. The third kappa shape index (κ3) is 6.07. The number of hydrogen-bond acceptors (Lipinski definition) is 5. The van der Waals surface area contributed by atoms with E-state index in [9.17, 15) is 0 Å². The number of anilines is 8. The molecule has 1 saturated carbocycles. The predicted octanol–water partition coefficient (Wildman–Crippen LogP) is 17.2. The Morgan fingerprint density at radius 2 is 1.11 bits per heavy atom. The first-order chi connectivity index (χ1) is 34.1. The van der Waals surface area contributed by atoms with E-state index < -0.39 is 0 Å². The molecule has 0 amide bonds. The Kier molecular flexibility index (Phi) is 9.10. The van der Waals surface area contributed by atoms with E-state index in [-0.39, 0.29) is 28.5 Å². The molecule has 1 aliphatic carbocycles. The zero-order chi connectivity index (χ0) is 48.5. The summed E-state index contributed by atoms with van der Waals surface area (Å²) in [7, 11) is 0. The van der Waals surface area contributed by atoms with Crippen LogP contribution in [0.25, 0.3) is 40.3 Å². The van der Waals surface area contributed by atoms with Crippen molar-refractivity contribution >= 4 is 132 Å². The third-order valence-corrected chi connectivity index (χ3v) is 19.8. The Bertz CT molecular complexity index is 3900. The van der Waals surface area contributed by atoms with Gasteiger partial charge in [0, 0.05) is 85.6 Å². The van der Waals surface area contributed by atoms with Crippen molar-refractivity contribution in [2.45, 2.75) is 110 Å². The predicted molar refractivity (Wildman–Crippen MR) is 311 cm³/mol. The summed E-state index contributed by atoms with van der Waals surface area (Å²) in [5.41, 5.74) is 19.8. The second-order valence-electron chi connectivity index (χ2n) is 23.7. The van der Waals surface area contributed by atoms with E-state index in [0.29, 0.717) is 0 Å². The van der Waals surface area contributed by atoms with Gasteiger partial charge in [0.2, 0.25) is 0 Å². The van der Waals surface area contributed by atoms with E-state index in [1.54, 1.807) is 0 Å². The molecular formula is C65H60BN3S2. The zero-order valence-corrected chi connectivity index (χ0v) is 44.1. The highest BCUT2D eigenvalue weighted by Crippen LogP contribution is 2.62. The normalized spacial score (nSPS) is 19.4. The van der Waals surface area contributed by atoms with Crippen LogP contribution in [0.15, 0.2) is 152 Å². The van der Waals surface area contributed by atoms with Crippen LogP contribution in [0.4, 0.5) is 45.5 Å². The Labute approximate surface area is 427 Å². The Hall–Kier alpha value is -6.34. The van der Waals surface area contributed by atoms with Crippen LogP contribution in [0, 0.1) is 6.92 Å². The van der Waals surface area contributed by atoms with Crippen LogP contribution in [0.1, 0.15) is 103 Å². The Morgan fingerprint density at radius 3 is 1.89 bits per heavy atom. The van der Waals surface area contributed by atoms with Gasteiger partial charge in [-0.2, -0.15) is 0 Å². The fourth-order valence-electron chi connectivity index (χ4n) is 13.7. The van der Waals surface area contributed by atoms with Gasteiger partial charge >= 0.3 is 0 Å². The molecule has 71 heavy (non-hydrogen) atoms. The van der Waals surface area contributed by atoms with Crippen molar-refractivity contribution in [3.05, 3.63) is 174 Å². The van der Waals surface area contributed by atoms with Crippen molar-refractivity contribution in [2.24, 2.45) is 0 Å². The van der Waals surface area contributed by atoms with Crippen LogP contribution in [0.2, 0.25) is 0 Å². The smallest absolute Gasteiger partial charge is 0.252 e. The maximum Gasteiger partial charge on any atom is 0.252 e. The number of benzene rings is 8. The van der Waals surface area contributed by atoms with Gasteiger partial charge in [0.1, 0.15) is 0 Å². The molecule has 2 atom stereocenters. The second-order valence-corrected chi connectivity index (χ2v) is 25.9. The number of aryl methyl sites for hydroxylation is 1.